The number of amides is 1. The van der Waals surface area contributed by atoms with Gasteiger partial charge < -0.3 is 9.64 Å². The molecule has 1 aromatic rings. The molecule has 5 atom stereocenters. The van der Waals surface area contributed by atoms with Crippen molar-refractivity contribution in [2.24, 2.45) is 11.3 Å². The Hall–Kier alpha value is -1.88. The zero-order valence-electron chi connectivity index (χ0n) is 15.8. The van der Waals surface area contributed by atoms with E-state index in [9.17, 15) is 9.59 Å². The van der Waals surface area contributed by atoms with Crippen molar-refractivity contribution >= 4 is 18.1 Å². The summed E-state index contributed by atoms with van der Waals surface area (Å²) in [6.07, 6.45) is 7.32. The number of para-hydroxylation sites is 1. The van der Waals surface area contributed by atoms with Gasteiger partial charge in [-0.1, -0.05) is 18.2 Å². The molecule has 3 aliphatic carbocycles. The summed E-state index contributed by atoms with van der Waals surface area (Å²) in [6.45, 7) is 2.22. The number of anilines is 1. The number of ether oxygens (including phenoxy) is 1. The molecule has 0 unspecified atom stereocenters. The zero-order chi connectivity index (χ0) is 18.4. The summed E-state index contributed by atoms with van der Waals surface area (Å²) in [5.41, 5.74) is 1.89. The summed E-state index contributed by atoms with van der Waals surface area (Å²) in [5.74, 6) is -0.362. The van der Waals surface area contributed by atoms with E-state index in [0.29, 0.717) is 6.04 Å². The molecule has 6 aliphatic rings. The molecule has 0 radical (unpaired) electrons. The molecular weight excluding hydrogens is 340 g/mol. The molecule has 3 spiro atoms. The quantitative estimate of drug-likeness (QED) is 0.596. The number of esters is 1. The van der Waals surface area contributed by atoms with Gasteiger partial charge >= 0.3 is 5.97 Å². The van der Waals surface area contributed by atoms with E-state index in [1.54, 1.807) is 0 Å². The molecule has 142 valence electrons. The Morgan fingerprint density at radius 2 is 2.04 bits per heavy atom. The van der Waals surface area contributed by atoms with Crippen LogP contribution in [0.3, 0.4) is 0 Å². The largest absolute Gasteiger partial charge is 0.469 e. The van der Waals surface area contributed by atoms with E-state index in [-0.39, 0.29) is 22.7 Å². The van der Waals surface area contributed by atoms with Crippen molar-refractivity contribution in [3.05, 3.63) is 29.8 Å². The van der Waals surface area contributed by atoms with E-state index in [2.05, 4.69) is 23.1 Å². The van der Waals surface area contributed by atoms with Crippen LogP contribution < -0.4 is 4.90 Å². The van der Waals surface area contributed by atoms with Gasteiger partial charge in [-0.15, -0.1) is 0 Å². The summed E-state index contributed by atoms with van der Waals surface area (Å²) in [7, 11) is 1.50. The van der Waals surface area contributed by atoms with E-state index in [0.717, 1.165) is 50.9 Å². The van der Waals surface area contributed by atoms with Crippen LogP contribution in [0.4, 0.5) is 5.69 Å². The SMILES string of the molecule is COC(=O)[C@H]1C[C@@]23CCCN4CC[C@@]5(c6ccccc6N(C=O)[C@]15CC2)[C@@H]43. The third-order valence-corrected chi connectivity index (χ3v) is 8.95. The first kappa shape index (κ1) is 16.1. The molecule has 1 aromatic carbocycles. The Balaban J connectivity index is 1.69. The van der Waals surface area contributed by atoms with Crippen LogP contribution in [0.1, 0.15) is 44.1 Å². The Morgan fingerprint density at radius 3 is 2.85 bits per heavy atom. The number of carbonyl (C=O) groups excluding carboxylic acids is 2. The third kappa shape index (κ3) is 1.49. The molecule has 5 fully saturated rings. The van der Waals surface area contributed by atoms with Crippen LogP contribution in [0, 0.1) is 11.3 Å². The van der Waals surface area contributed by atoms with Crippen molar-refractivity contribution in [3.63, 3.8) is 0 Å². The predicted octanol–water partition coefficient (Wildman–Crippen LogP) is 2.48. The molecule has 3 heterocycles. The van der Waals surface area contributed by atoms with Gasteiger partial charge in [-0.25, -0.2) is 0 Å². The molecule has 3 aliphatic heterocycles. The summed E-state index contributed by atoms with van der Waals surface area (Å²) in [6, 6.07) is 8.86. The van der Waals surface area contributed by atoms with Gasteiger partial charge in [0.05, 0.1) is 18.6 Å². The molecule has 1 amide bonds. The van der Waals surface area contributed by atoms with Crippen LogP contribution in [-0.2, 0) is 19.7 Å². The molecule has 3 saturated carbocycles. The maximum atomic E-state index is 13.1. The molecule has 0 N–H and O–H groups in total. The van der Waals surface area contributed by atoms with Crippen LogP contribution in [0.15, 0.2) is 24.3 Å². The molecule has 7 rings (SSSR count). The van der Waals surface area contributed by atoms with Crippen LogP contribution in [0.5, 0.6) is 0 Å². The minimum Gasteiger partial charge on any atom is -0.469 e. The topological polar surface area (TPSA) is 49.9 Å². The maximum absolute atomic E-state index is 13.1. The molecule has 2 bridgehead atoms. The lowest BCUT2D eigenvalue weighted by Crippen LogP contribution is -2.78. The van der Waals surface area contributed by atoms with Gasteiger partial charge in [0.15, 0.2) is 0 Å². The van der Waals surface area contributed by atoms with Gasteiger partial charge in [0.25, 0.3) is 0 Å². The van der Waals surface area contributed by atoms with Crippen LogP contribution in [0.2, 0.25) is 0 Å². The second-order valence-electron chi connectivity index (χ2n) is 9.32. The van der Waals surface area contributed by atoms with E-state index in [1.165, 1.54) is 25.5 Å². The molecular formula is C22H26N2O3. The van der Waals surface area contributed by atoms with E-state index < -0.39 is 5.54 Å². The van der Waals surface area contributed by atoms with Crippen molar-refractivity contribution in [3.8, 4) is 0 Å². The molecule has 5 heteroatoms. The van der Waals surface area contributed by atoms with Gasteiger partial charge in [-0.3, -0.25) is 14.5 Å². The predicted molar refractivity (Wildman–Crippen MR) is 100 cm³/mol. The number of methoxy groups -OCH3 is 1. The lowest BCUT2D eigenvalue weighted by molar-refractivity contribution is -0.175. The van der Waals surface area contributed by atoms with E-state index in [4.69, 9.17) is 4.74 Å². The second-order valence-corrected chi connectivity index (χ2v) is 9.32. The Morgan fingerprint density at radius 1 is 1.19 bits per heavy atom. The second kappa shape index (κ2) is 4.93. The number of piperidine rings is 1. The van der Waals surface area contributed by atoms with Gasteiger partial charge in [-0.2, -0.15) is 0 Å². The van der Waals surface area contributed by atoms with Crippen LogP contribution >= 0.6 is 0 Å². The number of carbonyl (C=O) groups is 2. The molecule has 2 saturated heterocycles. The van der Waals surface area contributed by atoms with Crippen molar-refractivity contribution in [1.82, 2.24) is 4.90 Å². The highest BCUT2D eigenvalue weighted by atomic mass is 16.5. The number of rotatable bonds is 2. The summed E-state index contributed by atoms with van der Waals surface area (Å²) in [4.78, 5) is 30.2. The fourth-order valence-corrected chi connectivity index (χ4v) is 8.44. The highest BCUT2D eigenvalue weighted by Crippen LogP contribution is 2.75. The first-order valence-corrected chi connectivity index (χ1v) is 10.3. The number of benzene rings is 1. The first-order chi connectivity index (χ1) is 13.1. The minimum absolute atomic E-state index is 0.129. The van der Waals surface area contributed by atoms with E-state index in [1.807, 2.05) is 11.0 Å². The lowest BCUT2D eigenvalue weighted by atomic mass is 9.38. The highest BCUT2D eigenvalue weighted by Gasteiger charge is 2.80. The Kier molecular flexibility index (Phi) is 2.94. The fraction of sp³-hybridized carbons (Fsp3) is 0.636. The van der Waals surface area contributed by atoms with Gasteiger partial charge in [0.2, 0.25) is 6.41 Å². The monoisotopic (exact) mass is 366 g/mol. The first-order valence-electron chi connectivity index (χ1n) is 10.3. The van der Waals surface area contributed by atoms with Gasteiger partial charge in [0.1, 0.15) is 0 Å². The number of nitrogens with zero attached hydrogens (tertiary/aromatic N) is 2. The van der Waals surface area contributed by atoms with Crippen molar-refractivity contribution in [2.75, 3.05) is 25.1 Å². The van der Waals surface area contributed by atoms with Gasteiger partial charge in [-0.05, 0) is 68.7 Å². The lowest BCUT2D eigenvalue weighted by Gasteiger charge is -2.69. The molecule has 27 heavy (non-hydrogen) atoms. The highest BCUT2D eigenvalue weighted by molar-refractivity contribution is 5.90. The summed E-state index contributed by atoms with van der Waals surface area (Å²) >= 11 is 0. The maximum Gasteiger partial charge on any atom is 0.311 e. The standard InChI is InChI=1S/C22H26N2O3/c1-27-18(26)16-13-20-7-4-11-23-12-10-21(19(20)23)15-5-2-3-6-17(15)24(14-25)22(16,21)9-8-20/h2-3,5-6,14,16,19H,4,7-13H2,1H3/t16-,19+,20-,21-,22-/m1/s1. The number of hydrogen-bond donors (Lipinski definition) is 0. The molecule has 0 aromatic heterocycles. The smallest absolute Gasteiger partial charge is 0.311 e. The summed E-state index contributed by atoms with van der Waals surface area (Å²) in [5, 5.41) is 0. The average molecular weight is 366 g/mol. The Labute approximate surface area is 159 Å². The summed E-state index contributed by atoms with van der Waals surface area (Å²) < 4.78 is 5.32. The van der Waals surface area contributed by atoms with Crippen molar-refractivity contribution < 1.29 is 14.3 Å². The average Bonchev–Trinajstić information content (AvgIpc) is 3.23. The number of fused-ring (bicyclic) bond motifs is 3. The van der Waals surface area contributed by atoms with Crippen molar-refractivity contribution in [2.45, 2.75) is 55.5 Å². The van der Waals surface area contributed by atoms with Gasteiger partial charge in [0, 0.05) is 17.1 Å². The van der Waals surface area contributed by atoms with Crippen LogP contribution in [0.25, 0.3) is 0 Å². The van der Waals surface area contributed by atoms with E-state index >= 15 is 0 Å². The van der Waals surface area contributed by atoms with Crippen LogP contribution in [-0.4, -0.2) is 49.1 Å². The normalized spacial score (nSPS) is 43.8. The fourth-order valence-electron chi connectivity index (χ4n) is 8.44. The third-order valence-electron chi connectivity index (χ3n) is 8.95. The number of hydrogen-bond acceptors (Lipinski definition) is 4. The zero-order valence-corrected chi connectivity index (χ0v) is 15.8. The Bertz CT molecular complexity index is 856. The minimum atomic E-state index is -0.468. The van der Waals surface area contributed by atoms with Crippen molar-refractivity contribution in [1.29, 1.82) is 0 Å². The molecule has 5 nitrogen and oxygen atoms in total.